The molecule has 1 unspecified atom stereocenters. The lowest BCUT2D eigenvalue weighted by Gasteiger charge is -2.27. The van der Waals surface area contributed by atoms with Crippen molar-refractivity contribution in [2.75, 3.05) is 26.2 Å². The van der Waals surface area contributed by atoms with Gasteiger partial charge in [-0.1, -0.05) is 6.07 Å². The van der Waals surface area contributed by atoms with Gasteiger partial charge in [0.2, 0.25) is 5.91 Å². The molecule has 30 heavy (non-hydrogen) atoms. The largest absolute Gasteiger partial charge is 0.433 e. The number of carbonyl (C=O) groups is 1. The Morgan fingerprint density at radius 3 is 2.70 bits per heavy atom. The predicted octanol–water partition coefficient (Wildman–Crippen LogP) is 2.13. The van der Waals surface area contributed by atoms with Crippen LogP contribution in [-0.2, 0) is 17.5 Å². The van der Waals surface area contributed by atoms with E-state index >= 15 is 0 Å². The zero-order chi connectivity index (χ0) is 21.3. The quantitative estimate of drug-likeness (QED) is 0.636. The number of alkyl halides is 3. The van der Waals surface area contributed by atoms with E-state index in [1.165, 1.54) is 11.3 Å². The van der Waals surface area contributed by atoms with Gasteiger partial charge in [0.25, 0.3) is 0 Å². The molecule has 0 saturated carbocycles. The van der Waals surface area contributed by atoms with Gasteiger partial charge in [0.1, 0.15) is 22.4 Å². The van der Waals surface area contributed by atoms with E-state index in [-0.39, 0.29) is 10.8 Å². The Hall–Kier alpha value is -2.63. The molecular formula is C19H19F3N6OS. The van der Waals surface area contributed by atoms with Gasteiger partial charge in [-0.05, 0) is 23.8 Å². The third-order valence-corrected chi connectivity index (χ3v) is 5.92. The van der Waals surface area contributed by atoms with Gasteiger partial charge in [0, 0.05) is 38.9 Å². The highest BCUT2D eigenvalue weighted by molar-refractivity contribution is 7.18. The maximum Gasteiger partial charge on any atom is 0.433 e. The fraction of sp³-hybridized carbons (Fsp3) is 0.368. The lowest BCUT2D eigenvalue weighted by Crippen LogP contribution is -2.42. The van der Waals surface area contributed by atoms with Crippen LogP contribution in [0.1, 0.15) is 28.0 Å². The Kier molecular flexibility index (Phi) is 5.67. The summed E-state index contributed by atoms with van der Waals surface area (Å²) in [4.78, 5) is 26.2. The van der Waals surface area contributed by atoms with Crippen molar-refractivity contribution in [3.63, 3.8) is 0 Å². The molecule has 1 aliphatic rings. The number of nitrogens with zero attached hydrogens (tertiary/aromatic N) is 4. The van der Waals surface area contributed by atoms with E-state index in [2.05, 4.69) is 25.2 Å². The molecule has 4 rings (SSSR count). The van der Waals surface area contributed by atoms with Crippen LogP contribution in [0.15, 0.2) is 30.5 Å². The fourth-order valence-electron chi connectivity index (χ4n) is 3.37. The molecule has 7 nitrogen and oxygen atoms in total. The molecule has 1 atom stereocenters. The fourth-order valence-corrected chi connectivity index (χ4v) is 4.50. The summed E-state index contributed by atoms with van der Waals surface area (Å²) in [7, 11) is 0. The predicted molar refractivity (Wildman–Crippen MR) is 106 cm³/mol. The van der Waals surface area contributed by atoms with Crippen molar-refractivity contribution >= 4 is 27.5 Å². The van der Waals surface area contributed by atoms with Crippen LogP contribution >= 0.6 is 11.3 Å². The SMILES string of the molecule is NC(=O)C(c1nccc(C(F)(F)F)n1)c1nc2ccc(CN3CCNCC3)cc2s1. The van der Waals surface area contributed by atoms with Crippen LogP contribution in [0.4, 0.5) is 13.2 Å². The third kappa shape index (κ3) is 4.42. The summed E-state index contributed by atoms with van der Waals surface area (Å²) in [6, 6.07) is 6.55. The molecule has 3 aromatic rings. The first kappa shape index (κ1) is 20.6. The van der Waals surface area contributed by atoms with E-state index in [0.717, 1.165) is 55.3 Å². The number of rotatable bonds is 5. The number of aromatic nitrogens is 3. The summed E-state index contributed by atoms with van der Waals surface area (Å²) >= 11 is 1.21. The zero-order valence-electron chi connectivity index (χ0n) is 15.8. The highest BCUT2D eigenvalue weighted by Gasteiger charge is 2.35. The van der Waals surface area contributed by atoms with E-state index < -0.39 is 23.7 Å². The molecule has 11 heteroatoms. The second-order valence-electron chi connectivity index (χ2n) is 7.01. The van der Waals surface area contributed by atoms with Gasteiger partial charge in [-0.15, -0.1) is 11.3 Å². The molecule has 0 bridgehead atoms. The summed E-state index contributed by atoms with van der Waals surface area (Å²) in [5, 5.41) is 3.58. The Morgan fingerprint density at radius 1 is 1.23 bits per heavy atom. The molecule has 3 N–H and O–H groups in total. The molecule has 1 fully saturated rings. The second-order valence-corrected chi connectivity index (χ2v) is 8.08. The molecule has 0 spiro atoms. The van der Waals surface area contributed by atoms with Crippen LogP contribution < -0.4 is 11.1 Å². The topological polar surface area (TPSA) is 97.0 Å². The Morgan fingerprint density at radius 2 is 2.00 bits per heavy atom. The third-order valence-electron chi connectivity index (χ3n) is 4.84. The summed E-state index contributed by atoms with van der Waals surface area (Å²) in [5.41, 5.74) is 6.12. The molecule has 0 aliphatic carbocycles. The van der Waals surface area contributed by atoms with Crippen LogP contribution in [0, 0.1) is 0 Å². The highest BCUT2D eigenvalue weighted by atomic mass is 32.1. The number of fused-ring (bicyclic) bond motifs is 1. The molecule has 2 aromatic heterocycles. The number of halogens is 3. The maximum absolute atomic E-state index is 13.0. The molecule has 1 amide bonds. The zero-order valence-corrected chi connectivity index (χ0v) is 16.6. The number of carbonyl (C=O) groups excluding carboxylic acids is 1. The van der Waals surface area contributed by atoms with Crippen molar-refractivity contribution in [1.82, 2.24) is 25.2 Å². The van der Waals surface area contributed by atoms with E-state index in [1.807, 2.05) is 18.2 Å². The minimum absolute atomic E-state index is 0.274. The Labute approximate surface area is 174 Å². The number of primary amides is 1. The Balaban J connectivity index is 1.65. The molecule has 1 aliphatic heterocycles. The standard InChI is InChI=1S/C19H19F3N6OS/c20-19(21,22)14-3-4-25-17(27-14)15(16(23)29)18-26-12-2-1-11(9-13(12)30-18)10-28-7-5-24-6-8-28/h1-4,9,15,24H,5-8,10H2,(H2,23,29). The number of amides is 1. The minimum atomic E-state index is -4.65. The number of thiazole rings is 1. The molecule has 0 radical (unpaired) electrons. The number of piperazine rings is 1. The van der Waals surface area contributed by atoms with Crippen molar-refractivity contribution in [1.29, 1.82) is 0 Å². The van der Waals surface area contributed by atoms with Crippen molar-refractivity contribution < 1.29 is 18.0 Å². The maximum atomic E-state index is 13.0. The summed E-state index contributed by atoms with van der Waals surface area (Å²) < 4.78 is 39.9. The van der Waals surface area contributed by atoms with Crippen LogP contribution in [0.3, 0.4) is 0 Å². The molecule has 3 heterocycles. The molecule has 1 aromatic carbocycles. The summed E-state index contributed by atoms with van der Waals surface area (Å²) in [6.45, 7) is 4.61. The molecule has 1 saturated heterocycles. The summed E-state index contributed by atoms with van der Waals surface area (Å²) in [6.07, 6.45) is -3.67. The van der Waals surface area contributed by atoms with Crippen molar-refractivity contribution in [3.05, 3.63) is 52.6 Å². The van der Waals surface area contributed by atoms with Crippen molar-refractivity contribution in [2.24, 2.45) is 5.73 Å². The van der Waals surface area contributed by atoms with Crippen LogP contribution in [0.5, 0.6) is 0 Å². The lowest BCUT2D eigenvalue weighted by molar-refractivity contribution is -0.141. The molecular weight excluding hydrogens is 417 g/mol. The first-order valence-electron chi connectivity index (χ1n) is 9.33. The number of benzene rings is 1. The van der Waals surface area contributed by atoms with E-state index in [0.29, 0.717) is 5.52 Å². The normalized spacial score (nSPS) is 16.6. The van der Waals surface area contributed by atoms with Gasteiger partial charge in [0.05, 0.1) is 10.2 Å². The number of hydrogen-bond donors (Lipinski definition) is 2. The number of nitrogens with one attached hydrogen (secondary N) is 1. The molecule has 158 valence electrons. The average molecular weight is 436 g/mol. The minimum Gasteiger partial charge on any atom is -0.369 e. The van der Waals surface area contributed by atoms with Crippen LogP contribution in [0.25, 0.3) is 10.2 Å². The highest BCUT2D eigenvalue weighted by Crippen LogP contribution is 2.33. The monoisotopic (exact) mass is 436 g/mol. The van der Waals surface area contributed by atoms with Gasteiger partial charge in [-0.3, -0.25) is 9.69 Å². The smallest absolute Gasteiger partial charge is 0.369 e. The first-order valence-corrected chi connectivity index (χ1v) is 10.1. The van der Waals surface area contributed by atoms with Crippen molar-refractivity contribution in [3.8, 4) is 0 Å². The van der Waals surface area contributed by atoms with Gasteiger partial charge >= 0.3 is 6.18 Å². The van der Waals surface area contributed by atoms with Crippen molar-refractivity contribution in [2.45, 2.75) is 18.6 Å². The van der Waals surface area contributed by atoms with E-state index in [4.69, 9.17) is 5.73 Å². The number of nitrogens with two attached hydrogens (primary N) is 1. The average Bonchev–Trinajstić information content (AvgIpc) is 3.11. The van der Waals surface area contributed by atoms with Crippen LogP contribution in [-0.4, -0.2) is 51.9 Å². The van der Waals surface area contributed by atoms with E-state index in [1.54, 1.807) is 0 Å². The Bertz CT molecular complexity index is 1060. The first-order chi connectivity index (χ1) is 14.3. The van der Waals surface area contributed by atoms with Gasteiger partial charge in [0.15, 0.2) is 0 Å². The van der Waals surface area contributed by atoms with Gasteiger partial charge < -0.3 is 11.1 Å². The number of hydrogen-bond acceptors (Lipinski definition) is 7. The lowest BCUT2D eigenvalue weighted by atomic mass is 10.1. The summed E-state index contributed by atoms with van der Waals surface area (Å²) in [5.74, 6) is -2.41. The second kappa shape index (κ2) is 8.25. The van der Waals surface area contributed by atoms with Crippen LogP contribution in [0.2, 0.25) is 0 Å². The van der Waals surface area contributed by atoms with E-state index in [9.17, 15) is 18.0 Å². The van der Waals surface area contributed by atoms with Gasteiger partial charge in [-0.2, -0.15) is 13.2 Å². The van der Waals surface area contributed by atoms with Gasteiger partial charge in [-0.25, -0.2) is 15.0 Å².